The molecule has 8 nitrogen and oxygen atoms in total. The molecule has 2 unspecified atom stereocenters. The van der Waals surface area contributed by atoms with Crippen LogP contribution in [0.15, 0.2) is 73.1 Å². The number of aliphatic hydroxyl groups excluding tert-OH is 2. The van der Waals surface area contributed by atoms with Gasteiger partial charge >= 0.3 is 0 Å². The zero-order chi connectivity index (χ0) is 22.2. The molecule has 2 heterocycles. The molecule has 0 aliphatic rings. The summed E-state index contributed by atoms with van der Waals surface area (Å²) in [6.45, 7) is 0.768. The first-order chi connectivity index (χ1) is 15.7. The van der Waals surface area contributed by atoms with E-state index in [2.05, 4.69) is 20.6 Å². The molecule has 0 aliphatic heterocycles. The number of hydrogen-bond donors (Lipinski definition) is 2. The van der Waals surface area contributed by atoms with Crippen LogP contribution in [0.3, 0.4) is 0 Å². The summed E-state index contributed by atoms with van der Waals surface area (Å²) >= 11 is 0. The van der Waals surface area contributed by atoms with Gasteiger partial charge in [-0.25, -0.2) is 9.36 Å². The molecular weight excluding hydrogens is 404 g/mol. The molecule has 0 bridgehead atoms. The highest BCUT2D eigenvalue weighted by atomic mass is 16.3. The lowest BCUT2D eigenvalue weighted by molar-refractivity contribution is 0.150. The third-order valence-electron chi connectivity index (χ3n) is 5.38. The fraction of sp³-hybridized carbons (Fsp3) is 0.333. The maximum atomic E-state index is 10.3. The van der Waals surface area contributed by atoms with Crippen LogP contribution in [-0.2, 0) is 25.9 Å². The Bertz CT molecular complexity index is 992. The number of hydrogen-bond acceptors (Lipinski definition) is 6. The predicted octanol–water partition coefficient (Wildman–Crippen LogP) is 2.90. The van der Waals surface area contributed by atoms with Crippen LogP contribution in [0.2, 0.25) is 0 Å². The number of aromatic nitrogens is 6. The third-order valence-corrected chi connectivity index (χ3v) is 5.38. The van der Waals surface area contributed by atoms with Gasteiger partial charge in [0.05, 0.1) is 36.7 Å². The summed E-state index contributed by atoms with van der Waals surface area (Å²) in [5, 5.41) is 37.3. The fourth-order valence-corrected chi connectivity index (χ4v) is 3.61. The van der Waals surface area contributed by atoms with Gasteiger partial charge in [-0.05, 0) is 36.8 Å². The van der Waals surface area contributed by atoms with Crippen LogP contribution in [0.25, 0.3) is 0 Å². The minimum atomic E-state index is -0.603. The highest BCUT2D eigenvalue weighted by Crippen LogP contribution is 2.15. The lowest BCUT2D eigenvalue weighted by Crippen LogP contribution is -2.09. The average Bonchev–Trinajstić information content (AvgIpc) is 3.47. The summed E-state index contributed by atoms with van der Waals surface area (Å²) in [7, 11) is 0. The van der Waals surface area contributed by atoms with Gasteiger partial charge in [0.1, 0.15) is 0 Å². The van der Waals surface area contributed by atoms with Crippen molar-refractivity contribution in [3.8, 4) is 0 Å². The van der Waals surface area contributed by atoms with Crippen molar-refractivity contribution in [2.75, 3.05) is 0 Å². The van der Waals surface area contributed by atoms with Gasteiger partial charge in [0.25, 0.3) is 0 Å². The second-order valence-electron chi connectivity index (χ2n) is 7.92. The zero-order valence-electron chi connectivity index (χ0n) is 17.9. The van der Waals surface area contributed by atoms with Crippen molar-refractivity contribution >= 4 is 0 Å². The summed E-state index contributed by atoms with van der Waals surface area (Å²) in [4.78, 5) is 0. The molecule has 0 aliphatic carbocycles. The van der Waals surface area contributed by atoms with E-state index < -0.39 is 12.2 Å². The van der Waals surface area contributed by atoms with E-state index in [9.17, 15) is 10.2 Å². The van der Waals surface area contributed by atoms with Crippen molar-refractivity contribution in [3.63, 3.8) is 0 Å². The first-order valence-corrected chi connectivity index (χ1v) is 10.9. The van der Waals surface area contributed by atoms with Crippen LogP contribution in [-0.4, -0.2) is 40.2 Å². The molecule has 2 N–H and O–H groups in total. The highest BCUT2D eigenvalue weighted by molar-refractivity contribution is 5.18. The molecule has 2 aromatic heterocycles. The summed E-state index contributed by atoms with van der Waals surface area (Å²) in [6, 6.07) is 19.1. The monoisotopic (exact) mass is 432 g/mol. The summed E-state index contributed by atoms with van der Waals surface area (Å²) in [5.41, 5.74) is 3.57. The van der Waals surface area contributed by atoms with E-state index in [1.165, 1.54) is 0 Å². The van der Waals surface area contributed by atoms with Crippen LogP contribution in [0, 0.1) is 0 Å². The maximum Gasteiger partial charge on any atom is 0.0986 e. The van der Waals surface area contributed by atoms with E-state index in [4.69, 9.17) is 0 Å². The van der Waals surface area contributed by atoms with Crippen molar-refractivity contribution in [3.05, 3.63) is 95.6 Å². The molecule has 0 saturated carbocycles. The third kappa shape index (κ3) is 6.09. The molecule has 0 saturated heterocycles. The minimum Gasteiger partial charge on any atom is -0.386 e. The largest absolute Gasteiger partial charge is 0.386 e. The Morgan fingerprint density at radius 1 is 0.625 bits per heavy atom. The van der Waals surface area contributed by atoms with E-state index in [1.807, 2.05) is 73.1 Å². The van der Waals surface area contributed by atoms with Crippen LogP contribution in [0.1, 0.15) is 47.6 Å². The van der Waals surface area contributed by atoms with Gasteiger partial charge in [0.15, 0.2) is 0 Å². The van der Waals surface area contributed by atoms with E-state index >= 15 is 0 Å². The molecule has 32 heavy (non-hydrogen) atoms. The average molecular weight is 433 g/mol. The minimum absolute atomic E-state index is 0.384. The van der Waals surface area contributed by atoms with Crippen molar-refractivity contribution in [1.82, 2.24) is 30.0 Å². The zero-order valence-corrected chi connectivity index (χ0v) is 17.9. The Kier molecular flexibility index (Phi) is 7.37. The highest BCUT2D eigenvalue weighted by Gasteiger charge is 2.11. The molecule has 166 valence electrons. The molecule has 0 spiro atoms. The van der Waals surface area contributed by atoms with Gasteiger partial charge in [0.2, 0.25) is 0 Å². The van der Waals surface area contributed by atoms with Gasteiger partial charge < -0.3 is 10.2 Å². The number of benzene rings is 2. The van der Waals surface area contributed by atoms with Gasteiger partial charge in [-0.3, -0.25) is 0 Å². The van der Waals surface area contributed by atoms with E-state index in [-0.39, 0.29) is 0 Å². The van der Waals surface area contributed by atoms with Crippen molar-refractivity contribution in [1.29, 1.82) is 0 Å². The smallest absolute Gasteiger partial charge is 0.0986 e. The summed E-state index contributed by atoms with van der Waals surface area (Å²) in [5.74, 6) is 0. The first-order valence-electron chi connectivity index (χ1n) is 10.9. The quantitative estimate of drug-likeness (QED) is 0.353. The van der Waals surface area contributed by atoms with Gasteiger partial charge in [-0.15, -0.1) is 10.2 Å². The van der Waals surface area contributed by atoms with Crippen molar-refractivity contribution in [2.24, 2.45) is 0 Å². The second-order valence-corrected chi connectivity index (χ2v) is 7.92. The molecule has 8 heteroatoms. The van der Waals surface area contributed by atoms with Crippen LogP contribution < -0.4 is 0 Å². The lowest BCUT2D eigenvalue weighted by Gasteiger charge is -2.10. The number of unbranched alkanes of at least 4 members (excludes halogenated alkanes) is 1. The topological polar surface area (TPSA) is 102 Å². The Morgan fingerprint density at radius 3 is 1.44 bits per heavy atom. The second kappa shape index (κ2) is 10.8. The summed E-state index contributed by atoms with van der Waals surface area (Å²) < 4.78 is 3.38. The number of aliphatic hydroxyl groups is 2. The standard InChI is InChI=1S/C24H28N6O2/c31-23(19-9-3-1-4-10-19)17-29-15-21(25-27-29)13-7-8-14-22-16-30(28-26-22)18-24(32)20-11-5-2-6-12-20/h1-6,9-12,15-16,23-24,31-32H,7-8,13-14,17-18H2. The Hall–Kier alpha value is -3.36. The summed E-state index contributed by atoms with van der Waals surface area (Å²) in [6.07, 6.45) is 6.15. The molecular formula is C24H28N6O2. The number of aryl methyl sites for hydroxylation is 2. The van der Waals surface area contributed by atoms with Crippen molar-refractivity contribution < 1.29 is 10.2 Å². The number of rotatable bonds is 11. The molecule has 0 radical (unpaired) electrons. The molecule has 4 aromatic rings. The van der Waals surface area contributed by atoms with Crippen LogP contribution in [0.5, 0.6) is 0 Å². The Labute approximate surface area is 187 Å². The van der Waals surface area contributed by atoms with Gasteiger partial charge in [0, 0.05) is 12.4 Å². The normalized spacial score (nSPS) is 13.2. The molecule has 2 atom stereocenters. The molecule has 0 fully saturated rings. The Morgan fingerprint density at radius 2 is 1.03 bits per heavy atom. The maximum absolute atomic E-state index is 10.3. The Balaban J connectivity index is 1.18. The molecule has 4 rings (SSSR count). The molecule has 0 amide bonds. The SMILES string of the molecule is OC(Cn1cc(CCCCc2cn(CC(O)c3ccccc3)nn2)nn1)c1ccccc1. The predicted molar refractivity (Wildman–Crippen MR) is 119 cm³/mol. The lowest BCUT2D eigenvalue weighted by atomic mass is 10.1. The first kappa shape index (κ1) is 21.9. The fourth-order valence-electron chi connectivity index (χ4n) is 3.61. The van der Waals surface area contributed by atoms with Crippen LogP contribution in [0.4, 0.5) is 0 Å². The van der Waals surface area contributed by atoms with Crippen LogP contribution >= 0.6 is 0 Å². The van der Waals surface area contributed by atoms with E-state index in [0.717, 1.165) is 48.2 Å². The van der Waals surface area contributed by atoms with E-state index in [1.54, 1.807) is 9.36 Å². The molecule has 2 aromatic carbocycles. The van der Waals surface area contributed by atoms with Crippen molar-refractivity contribution in [2.45, 2.75) is 51.0 Å². The van der Waals surface area contributed by atoms with E-state index in [0.29, 0.717) is 13.1 Å². The van der Waals surface area contributed by atoms with Gasteiger partial charge in [-0.1, -0.05) is 71.1 Å². The number of nitrogens with zero attached hydrogens (tertiary/aromatic N) is 6. The van der Waals surface area contributed by atoms with Gasteiger partial charge in [-0.2, -0.15) is 0 Å².